The minimum Gasteiger partial charge on any atom is -0.353 e. The second kappa shape index (κ2) is 6.19. The fourth-order valence-electron chi connectivity index (χ4n) is 2.84. The molecule has 0 aliphatic carbocycles. The van der Waals surface area contributed by atoms with E-state index >= 15 is 0 Å². The Bertz CT molecular complexity index is 420. The second-order valence-electron chi connectivity index (χ2n) is 5.60. The van der Waals surface area contributed by atoms with Crippen LogP contribution >= 0.6 is 0 Å². The molecule has 0 bridgehead atoms. The molecule has 0 saturated carbocycles. The summed E-state index contributed by atoms with van der Waals surface area (Å²) in [6.45, 7) is 7.82. The largest absolute Gasteiger partial charge is 0.353 e. The van der Waals surface area contributed by atoms with Crippen molar-refractivity contribution < 1.29 is 0 Å². The van der Waals surface area contributed by atoms with Crippen LogP contribution < -0.4 is 16.2 Å². The number of nitrogen functional groups attached to an aromatic ring is 1. The third-order valence-corrected chi connectivity index (χ3v) is 3.95. The lowest BCUT2D eigenvalue weighted by atomic mass is 9.94. The summed E-state index contributed by atoms with van der Waals surface area (Å²) in [6.07, 6.45) is 6.14. The minimum absolute atomic E-state index is 0.535. The quantitative estimate of drug-likeness (QED) is 0.644. The van der Waals surface area contributed by atoms with Gasteiger partial charge in [0, 0.05) is 18.2 Å². The van der Waals surface area contributed by atoms with Gasteiger partial charge >= 0.3 is 0 Å². The summed E-state index contributed by atoms with van der Waals surface area (Å²) in [4.78, 5) is 11.2. The highest BCUT2D eigenvalue weighted by Gasteiger charge is 2.26. The van der Waals surface area contributed by atoms with Gasteiger partial charge in [-0.3, -0.25) is 0 Å². The topological polar surface area (TPSA) is 67.1 Å². The number of hydrogen-bond acceptors (Lipinski definition) is 5. The molecule has 1 aromatic heterocycles. The number of piperidine rings is 1. The van der Waals surface area contributed by atoms with Crippen LogP contribution in [0.3, 0.4) is 0 Å². The zero-order valence-electron chi connectivity index (χ0n) is 12.2. The molecule has 19 heavy (non-hydrogen) atoms. The van der Waals surface area contributed by atoms with Crippen LogP contribution in [0.2, 0.25) is 0 Å². The van der Waals surface area contributed by atoms with Crippen molar-refractivity contribution in [1.82, 2.24) is 9.97 Å². The average molecular weight is 263 g/mol. The molecule has 1 aliphatic rings. The average Bonchev–Trinajstić information content (AvgIpc) is 2.42. The Morgan fingerprint density at radius 2 is 2.16 bits per heavy atom. The maximum atomic E-state index is 5.58. The van der Waals surface area contributed by atoms with Gasteiger partial charge in [0.05, 0.1) is 0 Å². The molecule has 2 rings (SSSR count). The maximum absolute atomic E-state index is 5.58. The summed E-state index contributed by atoms with van der Waals surface area (Å²) in [7, 11) is 0. The zero-order valence-corrected chi connectivity index (χ0v) is 12.2. The Hall–Kier alpha value is -1.36. The smallest absolute Gasteiger partial charge is 0.148 e. The first-order valence-corrected chi connectivity index (χ1v) is 7.24. The van der Waals surface area contributed by atoms with Gasteiger partial charge in [-0.25, -0.2) is 15.8 Å². The summed E-state index contributed by atoms with van der Waals surface area (Å²) >= 11 is 0. The van der Waals surface area contributed by atoms with Gasteiger partial charge in [0.1, 0.15) is 18.0 Å². The molecule has 2 atom stereocenters. The number of anilines is 2. The Kier molecular flexibility index (Phi) is 4.58. The summed E-state index contributed by atoms with van der Waals surface area (Å²) in [5, 5.41) is 0. The molecule has 2 unspecified atom stereocenters. The molecule has 106 valence electrons. The van der Waals surface area contributed by atoms with Gasteiger partial charge in [0.25, 0.3) is 0 Å². The lowest BCUT2D eigenvalue weighted by Crippen LogP contribution is -2.42. The maximum Gasteiger partial charge on any atom is 0.148 e. The van der Waals surface area contributed by atoms with E-state index < -0.39 is 0 Å². The molecule has 5 nitrogen and oxygen atoms in total. The third kappa shape index (κ3) is 2.97. The minimum atomic E-state index is 0.535. The summed E-state index contributed by atoms with van der Waals surface area (Å²) in [5.74, 6) is 8.12. The number of nitrogens with one attached hydrogen (secondary N) is 1. The van der Waals surface area contributed by atoms with Gasteiger partial charge in [-0.15, -0.1) is 0 Å². The molecule has 0 aromatic carbocycles. The van der Waals surface area contributed by atoms with Gasteiger partial charge in [-0.2, -0.15) is 0 Å². The highest BCUT2D eigenvalue weighted by molar-refractivity contribution is 5.59. The Labute approximate surface area is 115 Å². The molecule has 2 heterocycles. The van der Waals surface area contributed by atoms with E-state index in [4.69, 9.17) is 5.84 Å². The number of hydrogen-bond donors (Lipinski definition) is 2. The van der Waals surface area contributed by atoms with Gasteiger partial charge in [0.2, 0.25) is 0 Å². The van der Waals surface area contributed by atoms with Crippen LogP contribution in [0.25, 0.3) is 0 Å². The van der Waals surface area contributed by atoms with Crippen molar-refractivity contribution in [3.8, 4) is 0 Å². The van der Waals surface area contributed by atoms with Gasteiger partial charge in [0.15, 0.2) is 0 Å². The SMILES string of the molecule is CCCc1c(NN)ncnc1N1CC(C)CCC1C. The van der Waals surface area contributed by atoms with E-state index in [2.05, 4.69) is 41.1 Å². The van der Waals surface area contributed by atoms with E-state index in [-0.39, 0.29) is 0 Å². The van der Waals surface area contributed by atoms with Crippen LogP contribution in [0.15, 0.2) is 6.33 Å². The number of nitrogens with two attached hydrogens (primary N) is 1. The molecule has 1 aromatic rings. The Balaban J connectivity index is 2.36. The molecule has 1 aliphatic heterocycles. The van der Waals surface area contributed by atoms with E-state index in [1.54, 1.807) is 6.33 Å². The van der Waals surface area contributed by atoms with Crippen LogP contribution in [-0.4, -0.2) is 22.6 Å². The monoisotopic (exact) mass is 263 g/mol. The summed E-state index contributed by atoms with van der Waals surface area (Å²) < 4.78 is 0. The van der Waals surface area contributed by atoms with E-state index in [9.17, 15) is 0 Å². The standard InChI is InChI=1S/C14H25N5/c1-4-5-12-13(18-15)16-9-17-14(12)19-8-10(2)6-7-11(19)3/h9-11H,4-8,15H2,1-3H3,(H,16,17,18). The molecular formula is C14H25N5. The van der Waals surface area contributed by atoms with Crippen molar-refractivity contribution in [3.63, 3.8) is 0 Å². The molecule has 0 spiro atoms. The molecule has 3 N–H and O–H groups in total. The van der Waals surface area contributed by atoms with Crippen molar-refractivity contribution in [1.29, 1.82) is 0 Å². The second-order valence-corrected chi connectivity index (χ2v) is 5.60. The normalized spacial score (nSPS) is 23.5. The molecule has 0 radical (unpaired) electrons. The van der Waals surface area contributed by atoms with Gasteiger partial charge < -0.3 is 10.3 Å². The number of rotatable bonds is 4. The molecule has 5 heteroatoms. The third-order valence-electron chi connectivity index (χ3n) is 3.95. The van der Waals surface area contributed by atoms with E-state index in [1.807, 2.05) is 0 Å². The predicted molar refractivity (Wildman–Crippen MR) is 79.0 cm³/mol. The van der Waals surface area contributed by atoms with Crippen LogP contribution in [0.1, 0.15) is 45.6 Å². The zero-order chi connectivity index (χ0) is 13.8. The van der Waals surface area contributed by atoms with Crippen molar-refractivity contribution in [2.24, 2.45) is 11.8 Å². The molecular weight excluding hydrogens is 238 g/mol. The first-order valence-electron chi connectivity index (χ1n) is 7.24. The van der Waals surface area contributed by atoms with Crippen LogP contribution in [0.4, 0.5) is 11.6 Å². The molecule has 1 saturated heterocycles. The first kappa shape index (κ1) is 14.1. The highest BCUT2D eigenvalue weighted by atomic mass is 15.3. The fourth-order valence-corrected chi connectivity index (χ4v) is 2.84. The lowest BCUT2D eigenvalue weighted by molar-refractivity contribution is 0.387. The fraction of sp³-hybridized carbons (Fsp3) is 0.714. The van der Waals surface area contributed by atoms with E-state index in [1.165, 1.54) is 12.8 Å². The molecule has 0 amide bonds. The van der Waals surface area contributed by atoms with Crippen molar-refractivity contribution in [2.45, 2.75) is 52.5 Å². The van der Waals surface area contributed by atoms with Crippen LogP contribution in [0.5, 0.6) is 0 Å². The number of aromatic nitrogens is 2. The summed E-state index contributed by atoms with van der Waals surface area (Å²) in [5.41, 5.74) is 3.85. The number of hydrazine groups is 1. The van der Waals surface area contributed by atoms with Crippen molar-refractivity contribution >= 4 is 11.6 Å². The van der Waals surface area contributed by atoms with Crippen molar-refractivity contribution in [2.75, 3.05) is 16.9 Å². The van der Waals surface area contributed by atoms with Crippen molar-refractivity contribution in [3.05, 3.63) is 11.9 Å². The first-order chi connectivity index (χ1) is 9.17. The Morgan fingerprint density at radius 1 is 1.37 bits per heavy atom. The number of nitrogens with zero attached hydrogens (tertiary/aromatic N) is 3. The van der Waals surface area contributed by atoms with E-state index in [0.717, 1.165) is 42.5 Å². The van der Waals surface area contributed by atoms with Gasteiger partial charge in [-0.1, -0.05) is 20.3 Å². The van der Waals surface area contributed by atoms with E-state index in [0.29, 0.717) is 6.04 Å². The predicted octanol–water partition coefficient (Wildman–Crippen LogP) is 2.34. The van der Waals surface area contributed by atoms with Crippen LogP contribution in [-0.2, 0) is 6.42 Å². The Morgan fingerprint density at radius 3 is 2.84 bits per heavy atom. The summed E-state index contributed by atoms with van der Waals surface area (Å²) in [6, 6.07) is 0.535. The van der Waals surface area contributed by atoms with Crippen LogP contribution in [0, 0.1) is 5.92 Å². The van der Waals surface area contributed by atoms with Gasteiger partial charge in [-0.05, 0) is 32.1 Å². The highest BCUT2D eigenvalue weighted by Crippen LogP contribution is 2.31. The lowest BCUT2D eigenvalue weighted by Gasteiger charge is -2.38. The molecule has 1 fully saturated rings.